The molecule has 10 nitrogen and oxygen atoms in total. The van der Waals surface area contributed by atoms with Gasteiger partial charge < -0.3 is 9.64 Å². The fraction of sp³-hybridized carbons (Fsp3) is 0.185. The molecule has 10 heteroatoms. The van der Waals surface area contributed by atoms with E-state index in [2.05, 4.69) is 0 Å². The molecule has 5 rings (SSSR count). The molecule has 3 aromatic carbocycles. The molecular weight excluding hydrogens is 478 g/mol. The summed E-state index contributed by atoms with van der Waals surface area (Å²) in [4.78, 5) is 64.2. The standard InChI is InChI=1S/C27H21N3O7/c1-15-7-8-18(13-23(15)30(35)36)28-14-17(12-24(28)31)27(34)37-19-9-10-22(16(2)11-19)29-25(32)20-5-3-4-6-21(20)26(29)33/h3-11,13,17H,12,14H2,1-2H3/t17-/m1/s1. The second kappa shape index (κ2) is 8.98. The summed E-state index contributed by atoms with van der Waals surface area (Å²) in [5, 5.41) is 11.3. The summed E-state index contributed by atoms with van der Waals surface area (Å²) in [5.41, 5.74) is 2.30. The highest BCUT2D eigenvalue weighted by Gasteiger charge is 2.38. The number of esters is 1. The van der Waals surface area contributed by atoms with Crippen LogP contribution in [-0.4, -0.2) is 35.2 Å². The number of nitro groups is 1. The van der Waals surface area contributed by atoms with Crippen molar-refractivity contribution >= 4 is 40.8 Å². The number of imide groups is 1. The minimum Gasteiger partial charge on any atom is -0.426 e. The van der Waals surface area contributed by atoms with Crippen molar-refractivity contribution in [2.45, 2.75) is 20.3 Å². The summed E-state index contributed by atoms with van der Waals surface area (Å²) in [7, 11) is 0. The van der Waals surface area contributed by atoms with Crippen LogP contribution in [0.3, 0.4) is 0 Å². The summed E-state index contributed by atoms with van der Waals surface area (Å²) in [5.74, 6) is -2.35. The number of nitrogens with zero attached hydrogens (tertiary/aromatic N) is 3. The van der Waals surface area contributed by atoms with Gasteiger partial charge in [-0.15, -0.1) is 0 Å². The molecule has 37 heavy (non-hydrogen) atoms. The lowest BCUT2D eigenvalue weighted by atomic mass is 10.1. The Morgan fingerprint density at radius 3 is 2.24 bits per heavy atom. The van der Waals surface area contributed by atoms with Crippen LogP contribution in [0.25, 0.3) is 0 Å². The second-order valence-electron chi connectivity index (χ2n) is 8.99. The normalized spacial score (nSPS) is 16.8. The Balaban J connectivity index is 1.30. The molecule has 0 bridgehead atoms. The molecule has 0 radical (unpaired) electrons. The van der Waals surface area contributed by atoms with Gasteiger partial charge in [0.2, 0.25) is 5.91 Å². The molecule has 2 aliphatic rings. The van der Waals surface area contributed by atoms with E-state index in [1.807, 2.05) is 0 Å². The van der Waals surface area contributed by atoms with Crippen LogP contribution in [0.2, 0.25) is 0 Å². The van der Waals surface area contributed by atoms with Crippen molar-refractivity contribution in [2.75, 3.05) is 16.3 Å². The van der Waals surface area contributed by atoms with Crippen LogP contribution >= 0.6 is 0 Å². The molecule has 0 unspecified atom stereocenters. The van der Waals surface area contributed by atoms with Crippen LogP contribution in [0.5, 0.6) is 5.75 Å². The van der Waals surface area contributed by atoms with Gasteiger partial charge >= 0.3 is 5.97 Å². The Hall–Kier alpha value is -4.86. The maximum atomic E-state index is 12.8. The zero-order valence-corrected chi connectivity index (χ0v) is 20.0. The third-order valence-corrected chi connectivity index (χ3v) is 6.58. The SMILES string of the molecule is Cc1cc(OC(=O)[C@@H]2CC(=O)N(c3ccc(C)c([N+](=O)[O-])c3)C2)ccc1N1C(=O)c2ccccc2C1=O. The molecule has 2 aliphatic heterocycles. The Labute approximate surface area is 211 Å². The first kappa shape index (κ1) is 23.9. The number of benzene rings is 3. The van der Waals surface area contributed by atoms with Gasteiger partial charge in [0.05, 0.1) is 33.3 Å². The molecule has 0 aliphatic carbocycles. The van der Waals surface area contributed by atoms with Gasteiger partial charge in [0.25, 0.3) is 17.5 Å². The number of aryl methyl sites for hydroxylation is 2. The van der Waals surface area contributed by atoms with Crippen molar-refractivity contribution < 1.29 is 28.8 Å². The van der Waals surface area contributed by atoms with Gasteiger partial charge in [-0.05, 0) is 55.8 Å². The van der Waals surface area contributed by atoms with Crippen molar-refractivity contribution in [1.29, 1.82) is 0 Å². The number of hydrogen-bond acceptors (Lipinski definition) is 7. The Bertz CT molecular complexity index is 1480. The average Bonchev–Trinajstić information content (AvgIpc) is 3.37. The van der Waals surface area contributed by atoms with Crippen LogP contribution < -0.4 is 14.5 Å². The first-order valence-electron chi connectivity index (χ1n) is 11.5. The third kappa shape index (κ3) is 4.12. The number of amides is 3. The van der Waals surface area contributed by atoms with E-state index in [0.29, 0.717) is 33.6 Å². The van der Waals surface area contributed by atoms with Crippen LogP contribution in [0.4, 0.5) is 17.1 Å². The summed E-state index contributed by atoms with van der Waals surface area (Å²) in [6.45, 7) is 3.33. The predicted octanol–water partition coefficient (Wildman–Crippen LogP) is 3.97. The van der Waals surface area contributed by atoms with E-state index in [9.17, 15) is 29.3 Å². The second-order valence-corrected chi connectivity index (χ2v) is 8.99. The van der Waals surface area contributed by atoms with E-state index in [0.717, 1.165) is 4.90 Å². The minimum absolute atomic E-state index is 0.0317. The van der Waals surface area contributed by atoms with Crippen LogP contribution in [0, 0.1) is 29.9 Å². The molecule has 186 valence electrons. The highest BCUT2D eigenvalue weighted by molar-refractivity contribution is 6.34. The van der Waals surface area contributed by atoms with E-state index >= 15 is 0 Å². The van der Waals surface area contributed by atoms with Crippen molar-refractivity contribution in [2.24, 2.45) is 5.92 Å². The van der Waals surface area contributed by atoms with E-state index in [-0.39, 0.29) is 30.3 Å². The lowest BCUT2D eigenvalue weighted by molar-refractivity contribution is -0.385. The monoisotopic (exact) mass is 499 g/mol. The molecule has 0 spiro atoms. The lowest BCUT2D eigenvalue weighted by Gasteiger charge is -2.18. The van der Waals surface area contributed by atoms with Gasteiger partial charge in [0, 0.05) is 24.6 Å². The van der Waals surface area contributed by atoms with Gasteiger partial charge in [0.15, 0.2) is 0 Å². The molecule has 0 saturated carbocycles. The quantitative estimate of drug-likeness (QED) is 0.171. The summed E-state index contributed by atoms with van der Waals surface area (Å²) >= 11 is 0. The molecule has 1 fully saturated rings. The van der Waals surface area contributed by atoms with Gasteiger partial charge in [-0.3, -0.25) is 29.3 Å². The number of carbonyl (C=O) groups is 4. The van der Waals surface area contributed by atoms with E-state index in [4.69, 9.17) is 4.74 Å². The minimum atomic E-state index is -0.760. The topological polar surface area (TPSA) is 127 Å². The Kier molecular flexibility index (Phi) is 5.79. The van der Waals surface area contributed by atoms with Gasteiger partial charge in [-0.2, -0.15) is 0 Å². The fourth-order valence-corrected chi connectivity index (χ4v) is 4.63. The molecule has 0 N–H and O–H groups in total. The first-order chi connectivity index (χ1) is 17.7. The lowest BCUT2D eigenvalue weighted by Crippen LogP contribution is -2.30. The molecular formula is C27H21N3O7. The largest absolute Gasteiger partial charge is 0.426 e. The van der Waals surface area contributed by atoms with Gasteiger partial charge in [0.1, 0.15) is 5.75 Å². The fourth-order valence-electron chi connectivity index (χ4n) is 4.63. The molecule has 3 aromatic rings. The zero-order valence-electron chi connectivity index (χ0n) is 20.0. The zero-order chi connectivity index (χ0) is 26.4. The number of anilines is 2. The number of rotatable bonds is 5. The number of hydrogen-bond donors (Lipinski definition) is 0. The molecule has 1 saturated heterocycles. The Morgan fingerprint density at radius 2 is 1.62 bits per heavy atom. The van der Waals surface area contributed by atoms with Crippen LogP contribution in [-0.2, 0) is 9.59 Å². The number of nitro benzene ring substituents is 1. The Morgan fingerprint density at radius 1 is 0.946 bits per heavy atom. The number of carbonyl (C=O) groups excluding carboxylic acids is 4. The molecule has 2 heterocycles. The molecule has 3 amide bonds. The number of ether oxygens (including phenoxy) is 1. The van der Waals surface area contributed by atoms with Crippen molar-refractivity contribution in [1.82, 2.24) is 0 Å². The maximum absolute atomic E-state index is 12.8. The third-order valence-electron chi connectivity index (χ3n) is 6.58. The van der Waals surface area contributed by atoms with Crippen molar-refractivity contribution in [3.05, 3.63) is 93.0 Å². The van der Waals surface area contributed by atoms with Crippen molar-refractivity contribution in [3.63, 3.8) is 0 Å². The molecule has 0 aromatic heterocycles. The smallest absolute Gasteiger partial charge is 0.316 e. The van der Waals surface area contributed by atoms with Crippen molar-refractivity contribution in [3.8, 4) is 5.75 Å². The molecule has 1 atom stereocenters. The van der Waals surface area contributed by atoms with Crippen LogP contribution in [0.1, 0.15) is 38.3 Å². The highest BCUT2D eigenvalue weighted by atomic mass is 16.6. The average molecular weight is 499 g/mol. The first-order valence-corrected chi connectivity index (χ1v) is 11.5. The van der Waals surface area contributed by atoms with E-state index in [1.54, 1.807) is 56.3 Å². The number of fused-ring (bicyclic) bond motifs is 1. The maximum Gasteiger partial charge on any atom is 0.316 e. The van der Waals surface area contributed by atoms with E-state index < -0.39 is 28.6 Å². The summed E-state index contributed by atoms with van der Waals surface area (Å²) < 4.78 is 5.51. The summed E-state index contributed by atoms with van der Waals surface area (Å²) in [6.07, 6.45) is -0.0907. The van der Waals surface area contributed by atoms with E-state index in [1.165, 1.54) is 23.1 Å². The summed E-state index contributed by atoms with van der Waals surface area (Å²) in [6, 6.07) is 15.6. The van der Waals surface area contributed by atoms with Gasteiger partial charge in [-0.25, -0.2) is 4.90 Å². The highest BCUT2D eigenvalue weighted by Crippen LogP contribution is 2.34. The van der Waals surface area contributed by atoms with Gasteiger partial charge in [-0.1, -0.05) is 18.2 Å². The van der Waals surface area contributed by atoms with Crippen LogP contribution in [0.15, 0.2) is 60.7 Å². The predicted molar refractivity (Wildman–Crippen MR) is 133 cm³/mol.